The number of nitrogen functional groups attached to an aromatic ring is 1. The molecule has 0 aliphatic heterocycles. The van der Waals surface area contributed by atoms with Crippen LogP contribution in [0.3, 0.4) is 0 Å². The van der Waals surface area contributed by atoms with Gasteiger partial charge in [-0.1, -0.05) is 26.8 Å². The Labute approximate surface area is 126 Å². The van der Waals surface area contributed by atoms with Gasteiger partial charge in [0.15, 0.2) is 0 Å². The fourth-order valence-electron chi connectivity index (χ4n) is 2.03. The quantitative estimate of drug-likeness (QED) is 0.731. The lowest BCUT2D eigenvalue weighted by Crippen LogP contribution is -2.40. The summed E-state index contributed by atoms with van der Waals surface area (Å²) < 4.78 is 26.3. The summed E-state index contributed by atoms with van der Waals surface area (Å²) in [5.41, 5.74) is 12.3. The van der Waals surface area contributed by atoms with E-state index in [9.17, 15) is 13.2 Å². The van der Waals surface area contributed by atoms with E-state index in [1.807, 2.05) is 20.8 Å². The van der Waals surface area contributed by atoms with Crippen molar-refractivity contribution < 1.29 is 13.2 Å². The maximum Gasteiger partial charge on any atom is 0.243 e. The first kappa shape index (κ1) is 17.5. The molecule has 21 heavy (non-hydrogen) atoms. The largest absolute Gasteiger partial charge is 0.398 e. The lowest BCUT2D eigenvalue weighted by atomic mass is 10.1. The Balaban J connectivity index is 3.21. The van der Waals surface area contributed by atoms with Crippen LogP contribution >= 0.6 is 0 Å². The Morgan fingerprint density at radius 2 is 1.95 bits per heavy atom. The molecule has 0 atom stereocenters. The number of rotatable bonds is 7. The number of benzene rings is 1. The predicted molar refractivity (Wildman–Crippen MR) is 83.0 cm³/mol. The molecule has 0 radical (unpaired) electrons. The molecular weight excluding hydrogens is 290 g/mol. The molecule has 0 aromatic heterocycles. The van der Waals surface area contributed by atoms with Crippen molar-refractivity contribution in [1.29, 1.82) is 0 Å². The molecule has 0 aliphatic rings. The van der Waals surface area contributed by atoms with E-state index >= 15 is 0 Å². The van der Waals surface area contributed by atoms with Crippen molar-refractivity contribution in [1.82, 2.24) is 4.31 Å². The van der Waals surface area contributed by atoms with Crippen molar-refractivity contribution in [2.45, 2.75) is 32.1 Å². The van der Waals surface area contributed by atoms with Crippen molar-refractivity contribution in [3.05, 3.63) is 23.8 Å². The van der Waals surface area contributed by atoms with E-state index < -0.39 is 15.9 Å². The van der Waals surface area contributed by atoms with Gasteiger partial charge in [-0.25, -0.2) is 8.42 Å². The van der Waals surface area contributed by atoms with Gasteiger partial charge < -0.3 is 11.5 Å². The second-order valence-corrected chi connectivity index (χ2v) is 7.31. The van der Waals surface area contributed by atoms with Crippen molar-refractivity contribution in [3.8, 4) is 0 Å². The summed E-state index contributed by atoms with van der Waals surface area (Å²) in [5.74, 6) is -0.608. The molecule has 0 aliphatic carbocycles. The normalized spacial score (nSPS) is 12.0. The van der Waals surface area contributed by atoms with E-state index in [0.717, 1.165) is 16.3 Å². The van der Waals surface area contributed by atoms with Gasteiger partial charge in [-0.15, -0.1) is 0 Å². The Morgan fingerprint density at radius 1 is 1.33 bits per heavy atom. The van der Waals surface area contributed by atoms with Crippen LogP contribution in [0.2, 0.25) is 0 Å². The van der Waals surface area contributed by atoms with Crippen LogP contribution in [0.5, 0.6) is 0 Å². The monoisotopic (exact) mass is 313 g/mol. The Morgan fingerprint density at radius 3 is 2.38 bits per heavy atom. The highest BCUT2D eigenvalue weighted by atomic mass is 32.2. The number of hydrogen-bond donors (Lipinski definition) is 2. The molecule has 118 valence electrons. The molecule has 0 unspecified atom stereocenters. The molecule has 0 bridgehead atoms. The van der Waals surface area contributed by atoms with Gasteiger partial charge >= 0.3 is 0 Å². The average molecular weight is 313 g/mol. The average Bonchev–Trinajstić information content (AvgIpc) is 2.36. The Bertz CT molecular complexity index is 612. The summed E-state index contributed by atoms with van der Waals surface area (Å²) in [6, 6.07) is 4.64. The van der Waals surface area contributed by atoms with Crippen LogP contribution in [0.1, 0.15) is 26.3 Å². The van der Waals surface area contributed by atoms with Crippen LogP contribution in [-0.2, 0) is 21.2 Å². The smallest absolute Gasteiger partial charge is 0.243 e. The van der Waals surface area contributed by atoms with Gasteiger partial charge in [-0.3, -0.25) is 4.79 Å². The molecule has 0 heterocycles. The lowest BCUT2D eigenvalue weighted by Gasteiger charge is -2.23. The number of hydrogen-bond acceptors (Lipinski definition) is 4. The number of carbonyl (C=O) groups excluding carboxylic acids is 1. The fraction of sp³-hybridized carbons (Fsp3) is 0.500. The van der Waals surface area contributed by atoms with Gasteiger partial charge in [0, 0.05) is 12.2 Å². The van der Waals surface area contributed by atoms with Crippen molar-refractivity contribution >= 4 is 21.6 Å². The summed E-state index contributed by atoms with van der Waals surface area (Å²) >= 11 is 0. The van der Waals surface area contributed by atoms with E-state index in [0.29, 0.717) is 5.69 Å². The van der Waals surface area contributed by atoms with E-state index in [4.69, 9.17) is 11.5 Å². The van der Waals surface area contributed by atoms with E-state index in [-0.39, 0.29) is 23.9 Å². The van der Waals surface area contributed by atoms with Gasteiger partial charge in [0.05, 0.1) is 11.4 Å². The van der Waals surface area contributed by atoms with Crippen LogP contribution in [-0.4, -0.2) is 31.7 Å². The summed E-state index contributed by atoms with van der Waals surface area (Å²) in [6.07, 6.45) is 0.725. The Hall–Kier alpha value is -1.60. The van der Waals surface area contributed by atoms with E-state index in [1.54, 1.807) is 6.07 Å². The molecule has 1 amide bonds. The first-order chi connectivity index (χ1) is 9.68. The fourth-order valence-corrected chi connectivity index (χ4v) is 3.64. The zero-order chi connectivity index (χ0) is 16.2. The van der Waals surface area contributed by atoms with Crippen LogP contribution in [0.15, 0.2) is 23.1 Å². The van der Waals surface area contributed by atoms with E-state index in [2.05, 4.69) is 0 Å². The summed E-state index contributed by atoms with van der Waals surface area (Å²) in [7, 11) is -3.79. The zero-order valence-corrected chi connectivity index (χ0v) is 13.5. The lowest BCUT2D eigenvalue weighted by molar-refractivity contribution is -0.118. The number of aryl methyl sites for hydroxylation is 1. The third kappa shape index (κ3) is 4.44. The van der Waals surface area contributed by atoms with Crippen molar-refractivity contribution in [3.63, 3.8) is 0 Å². The van der Waals surface area contributed by atoms with Crippen molar-refractivity contribution in [2.75, 3.05) is 18.8 Å². The third-order valence-corrected chi connectivity index (χ3v) is 4.84. The first-order valence-electron chi connectivity index (χ1n) is 6.85. The minimum Gasteiger partial charge on any atom is -0.398 e. The molecule has 0 spiro atoms. The number of carbonyl (C=O) groups is 1. The molecule has 0 saturated heterocycles. The second kappa shape index (κ2) is 6.91. The second-order valence-electron chi connectivity index (χ2n) is 5.37. The van der Waals surface area contributed by atoms with Gasteiger partial charge in [0.1, 0.15) is 0 Å². The summed E-state index contributed by atoms with van der Waals surface area (Å²) in [6.45, 7) is 5.57. The highest BCUT2D eigenvalue weighted by Gasteiger charge is 2.27. The van der Waals surface area contributed by atoms with Gasteiger partial charge in [-0.05, 0) is 30.0 Å². The number of primary amides is 1. The van der Waals surface area contributed by atoms with Crippen LogP contribution in [0.25, 0.3) is 0 Å². The number of nitrogens with two attached hydrogens (primary N) is 2. The van der Waals surface area contributed by atoms with Crippen LogP contribution < -0.4 is 11.5 Å². The predicted octanol–water partition coefficient (Wildman–Crippen LogP) is 0.963. The molecule has 1 aromatic carbocycles. The summed E-state index contributed by atoms with van der Waals surface area (Å²) in [4.78, 5) is 11.2. The third-order valence-electron chi connectivity index (χ3n) is 3.04. The molecule has 1 rings (SSSR count). The van der Waals surface area contributed by atoms with Gasteiger partial charge in [0.2, 0.25) is 15.9 Å². The van der Waals surface area contributed by atoms with Gasteiger partial charge in [-0.2, -0.15) is 4.31 Å². The Kier molecular flexibility index (Phi) is 5.74. The minimum atomic E-state index is -3.79. The number of sulfonamides is 1. The van der Waals surface area contributed by atoms with Crippen LogP contribution in [0, 0.1) is 5.92 Å². The number of nitrogens with zero attached hydrogens (tertiary/aromatic N) is 1. The minimum absolute atomic E-state index is 0.0754. The van der Waals surface area contributed by atoms with E-state index in [1.165, 1.54) is 12.1 Å². The zero-order valence-electron chi connectivity index (χ0n) is 12.7. The van der Waals surface area contributed by atoms with Crippen LogP contribution in [0.4, 0.5) is 5.69 Å². The highest BCUT2D eigenvalue weighted by Crippen LogP contribution is 2.22. The van der Waals surface area contributed by atoms with Gasteiger partial charge in [0.25, 0.3) is 0 Å². The number of amides is 1. The SMILES string of the molecule is CCc1ccc(S(=O)(=O)N(CC(N)=O)CC(C)C)cc1N. The topological polar surface area (TPSA) is 106 Å². The standard InChI is InChI=1S/C14H23N3O3S/c1-4-11-5-6-12(7-13(11)15)21(19,20)17(8-10(2)3)9-14(16)18/h5-7,10H,4,8-9,15H2,1-3H3,(H2,16,18). The molecule has 7 heteroatoms. The maximum atomic E-state index is 12.6. The molecule has 0 saturated carbocycles. The number of anilines is 1. The molecule has 6 nitrogen and oxygen atoms in total. The van der Waals surface area contributed by atoms with Crippen molar-refractivity contribution in [2.24, 2.45) is 11.7 Å². The molecule has 4 N–H and O–H groups in total. The molecular formula is C14H23N3O3S. The molecule has 0 fully saturated rings. The summed E-state index contributed by atoms with van der Waals surface area (Å²) in [5, 5.41) is 0. The highest BCUT2D eigenvalue weighted by molar-refractivity contribution is 7.89. The molecule has 1 aromatic rings. The first-order valence-corrected chi connectivity index (χ1v) is 8.29. The maximum absolute atomic E-state index is 12.6.